The summed E-state index contributed by atoms with van der Waals surface area (Å²) in [4.78, 5) is 0. The fourth-order valence-corrected chi connectivity index (χ4v) is 2.76. The molecule has 82 valence electrons. The summed E-state index contributed by atoms with van der Waals surface area (Å²) in [7, 11) is 0. The van der Waals surface area contributed by atoms with Gasteiger partial charge in [0.2, 0.25) is 0 Å². The van der Waals surface area contributed by atoms with Crippen molar-refractivity contribution in [3.63, 3.8) is 0 Å². The molecule has 1 aromatic carbocycles. The Kier molecular flexibility index (Phi) is 2.83. The van der Waals surface area contributed by atoms with E-state index in [0.29, 0.717) is 12.0 Å². The Bertz CT molecular complexity index is 368. The first-order valence-corrected chi connectivity index (χ1v) is 5.93. The molecule has 0 radical (unpaired) electrons. The molecule has 1 saturated carbocycles. The fourth-order valence-electron chi connectivity index (χ4n) is 2.76. The summed E-state index contributed by atoms with van der Waals surface area (Å²) in [6, 6.07) is 5.03. The first-order chi connectivity index (χ1) is 7.09. The van der Waals surface area contributed by atoms with Gasteiger partial charge in [0.1, 0.15) is 0 Å². The van der Waals surface area contributed by atoms with Gasteiger partial charge in [0.15, 0.2) is 0 Å². The molecule has 2 atom stereocenters. The molecule has 2 rings (SSSR count). The topological polar surface area (TPSA) is 26.0 Å². The average Bonchev–Trinajstić information content (AvgIpc) is 2.58. The zero-order valence-electron chi connectivity index (χ0n) is 10.0. The number of hydrogen-bond acceptors (Lipinski definition) is 1. The molecule has 2 N–H and O–H groups in total. The second-order valence-corrected chi connectivity index (χ2v) is 4.99. The minimum Gasteiger partial charge on any atom is -0.327 e. The van der Waals surface area contributed by atoms with Gasteiger partial charge in [0.05, 0.1) is 0 Å². The monoisotopic (exact) mass is 203 g/mol. The molecular formula is C14H21N. The Morgan fingerprint density at radius 2 is 1.67 bits per heavy atom. The molecule has 0 aliphatic heterocycles. The zero-order chi connectivity index (χ0) is 11.0. The van der Waals surface area contributed by atoms with Crippen LogP contribution < -0.4 is 5.73 Å². The highest BCUT2D eigenvalue weighted by Crippen LogP contribution is 2.35. The lowest BCUT2D eigenvalue weighted by molar-refractivity contribution is 0.609. The van der Waals surface area contributed by atoms with E-state index in [0.717, 1.165) is 0 Å². The third kappa shape index (κ3) is 1.93. The maximum absolute atomic E-state index is 6.17. The van der Waals surface area contributed by atoms with Crippen molar-refractivity contribution < 1.29 is 0 Å². The smallest absolute Gasteiger partial charge is 0.0108 e. The molecule has 2 unspecified atom stereocenters. The van der Waals surface area contributed by atoms with Gasteiger partial charge >= 0.3 is 0 Å². The number of nitrogens with two attached hydrogens (primary N) is 1. The van der Waals surface area contributed by atoms with Crippen molar-refractivity contribution >= 4 is 0 Å². The SMILES string of the molecule is Cc1cc(C)c(C2CCCC2N)cc1C. The van der Waals surface area contributed by atoms with Gasteiger partial charge in [-0.3, -0.25) is 0 Å². The van der Waals surface area contributed by atoms with Gasteiger partial charge in [-0.2, -0.15) is 0 Å². The highest BCUT2D eigenvalue weighted by molar-refractivity contribution is 5.39. The van der Waals surface area contributed by atoms with E-state index < -0.39 is 0 Å². The Labute approximate surface area is 92.7 Å². The van der Waals surface area contributed by atoms with E-state index in [1.807, 2.05) is 0 Å². The van der Waals surface area contributed by atoms with Crippen molar-refractivity contribution in [3.05, 3.63) is 34.4 Å². The molecule has 0 bridgehead atoms. The molecule has 0 saturated heterocycles. The highest BCUT2D eigenvalue weighted by Gasteiger charge is 2.26. The lowest BCUT2D eigenvalue weighted by atomic mass is 9.88. The molecule has 1 heteroatoms. The maximum Gasteiger partial charge on any atom is 0.0108 e. The van der Waals surface area contributed by atoms with Crippen LogP contribution in [-0.2, 0) is 0 Å². The van der Waals surface area contributed by atoms with Gasteiger partial charge in [-0.1, -0.05) is 18.6 Å². The van der Waals surface area contributed by atoms with Crippen molar-refractivity contribution in [3.8, 4) is 0 Å². The van der Waals surface area contributed by atoms with Crippen molar-refractivity contribution in [2.75, 3.05) is 0 Å². The molecule has 1 nitrogen and oxygen atoms in total. The Morgan fingerprint density at radius 1 is 1.00 bits per heavy atom. The largest absolute Gasteiger partial charge is 0.327 e. The van der Waals surface area contributed by atoms with Crippen LogP contribution in [0.1, 0.15) is 47.4 Å². The van der Waals surface area contributed by atoms with Crippen LogP contribution in [0.5, 0.6) is 0 Å². The van der Waals surface area contributed by atoms with Crippen LogP contribution in [-0.4, -0.2) is 6.04 Å². The van der Waals surface area contributed by atoms with Crippen molar-refractivity contribution in [1.29, 1.82) is 0 Å². The van der Waals surface area contributed by atoms with Crippen molar-refractivity contribution in [2.24, 2.45) is 5.73 Å². The molecule has 0 heterocycles. The molecule has 0 spiro atoms. The predicted molar refractivity (Wildman–Crippen MR) is 65.2 cm³/mol. The number of aryl methyl sites for hydroxylation is 3. The van der Waals surface area contributed by atoms with Crippen LogP contribution in [0, 0.1) is 20.8 Å². The zero-order valence-corrected chi connectivity index (χ0v) is 10.0. The summed E-state index contributed by atoms with van der Waals surface area (Å²) in [5.41, 5.74) is 11.9. The molecule has 0 aromatic heterocycles. The number of benzene rings is 1. The van der Waals surface area contributed by atoms with Gasteiger partial charge in [0.25, 0.3) is 0 Å². The molecule has 1 fully saturated rings. The standard InChI is InChI=1S/C14H21N/c1-9-7-11(3)13(8-10(9)2)12-5-4-6-14(12)15/h7-8,12,14H,4-6,15H2,1-3H3. The Morgan fingerprint density at radius 3 is 2.27 bits per heavy atom. The Hall–Kier alpha value is -0.820. The van der Waals surface area contributed by atoms with Gasteiger partial charge in [-0.15, -0.1) is 0 Å². The van der Waals surface area contributed by atoms with E-state index in [4.69, 9.17) is 5.73 Å². The fraction of sp³-hybridized carbons (Fsp3) is 0.571. The highest BCUT2D eigenvalue weighted by atomic mass is 14.7. The van der Waals surface area contributed by atoms with E-state index in [2.05, 4.69) is 32.9 Å². The Balaban J connectivity index is 2.39. The van der Waals surface area contributed by atoms with Crippen molar-refractivity contribution in [2.45, 2.75) is 52.0 Å². The summed E-state index contributed by atoms with van der Waals surface area (Å²) in [5.74, 6) is 0.601. The predicted octanol–water partition coefficient (Wildman–Crippen LogP) is 3.21. The quantitative estimate of drug-likeness (QED) is 0.745. The third-order valence-corrected chi connectivity index (χ3v) is 3.85. The summed E-state index contributed by atoms with van der Waals surface area (Å²) in [6.45, 7) is 6.59. The molecule has 1 aliphatic rings. The first kappa shape index (κ1) is 10.7. The number of hydrogen-bond donors (Lipinski definition) is 1. The van der Waals surface area contributed by atoms with E-state index >= 15 is 0 Å². The van der Waals surface area contributed by atoms with Crippen LogP contribution in [0.3, 0.4) is 0 Å². The number of rotatable bonds is 1. The molecule has 0 amide bonds. The second-order valence-electron chi connectivity index (χ2n) is 4.99. The summed E-state index contributed by atoms with van der Waals surface area (Å²) < 4.78 is 0. The van der Waals surface area contributed by atoms with Crippen LogP contribution in [0.2, 0.25) is 0 Å². The van der Waals surface area contributed by atoms with Crippen LogP contribution in [0.15, 0.2) is 12.1 Å². The van der Waals surface area contributed by atoms with Crippen molar-refractivity contribution in [1.82, 2.24) is 0 Å². The molecule has 15 heavy (non-hydrogen) atoms. The summed E-state index contributed by atoms with van der Waals surface area (Å²) in [6.07, 6.45) is 3.75. The average molecular weight is 203 g/mol. The normalized spacial score (nSPS) is 25.9. The minimum absolute atomic E-state index is 0.380. The van der Waals surface area contributed by atoms with E-state index in [9.17, 15) is 0 Å². The van der Waals surface area contributed by atoms with Crippen LogP contribution in [0.25, 0.3) is 0 Å². The maximum atomic E-state index is 6.17. The molecule has 1 aliphatic carbocycles. The molecular weight excluding hydrogens is 182 g/mol. The van der Waals surface area contributed by atoms with Gasteiger partial charge in [0, 0.05) is 6.04 Å². The molecule has 1 aromatic rings. The van der Waals surface area contributed by atoms with E-state index in [1.165, 1.54) is 41.5 Å². The summed E-state index contributed by atoms with van der Waals surface area (Å²) in [5, 5.41) is 0. The third-order valence-electron chi connectivity index (χ3n) is 3.85. The van der Waals surface area contributed by atoms with Gasteiger partial charge in [-0.25, -0.2) is 0 Å². The van der Waals surface area contributed by atoms with E-state index in [-0.39, 0.29) is 0 Å². The van der Waals surface area contributed by atoms with Gasteiger partial charge < -0.3 is 5.73 Å². The second kappa shape index (κ2) is 3.97. The lowest BCUT2D eigenvalue weighted by Crippen LogP contribution is -2.23. The van der Waals surface area contributed by atoms with E-state index in [1.54, 1.807) is 0 Å². The lowest BCUT2D eigenvalue weighted by Gasteiger charge is -2.19. The van der Waals surface area contributed by atoms with Gasteiger partial charge in [-0.05, 0) is 61.8 Å². The first-order valence-electron chi connectivity index (χ1n) is 5.93. The van der Waals surface area contributed by atoms with Crippen LogP contribution >= 0.6 is 0 Å². The van der Waals surface area contributed by atoms with Crippen LogP contribution in [0.4, 0.5) is 0 Å². The summed E-state index contributed by atoms with van der Waals surface area (Å²) >= 11 is 0. The minimum atomic E-state index is 0.380.